The van der Waals surface area contributed by atoms with Gasteiger partial charge in [-0.25, -0.2) is 13.1 Å². The van der Waals surface area contributed by atoms with Gasteiger partial charge >= 0.3 is 0 Å². The summed E-state index contributed by atoms with van der Waals surface area (Å²) in [6, 6.07) is 0. The minimum atomic E-state index is -3.70. The summed E-state index contributed by atoms with van der Waals surface area (Å²) in [6.07, 6.45) is 3.25. The number of rotatable bonds is 4. The van der Waals surface area contributed by atoms with E-state index in [4.69, 9.17) is 4.52 Å². The first-order chi connectivity index (χ1) is 9.23. The third kappa shape index (κ3) is 3.21. The molecule has 0 aliphatic heterocycles. The first kappa shape index (κ1) is 15.5. The Kier molecular flexibility index (Phi) is 4.22. The second kappa shape index (κ2) is 5.46. The Morgan fingerprint density at radius 1 is 1.50 bits per heavy atom. The predicted octanol–water partition coefficient (Wildman–Crippen LogP) is 1.51. The fourth-order valence-corrected chi connectivity index (χ4v) is 4.40. The van der Waals surface area contributed by atoms with E-state index in [0.29, 0.717) is 24.5 Å². The number of aryl methyl sites for hydroxylation is 2. The van der Waals surface area contributed by atoms with Gasteiger partial charge in [0.15, 0.2) is 5.76 Å². The zero-order valence-electron chi connectivity index (χ0n) is 12.1. The molecule has 1 aromatic heterocycles. The molecule has 1 aromatic rings. The van der Waals surface area contributed by atoms with Gasteiger partial charge in [0.2, 0.25) is 10.0 Å². The van der Waals surface area contributed by atoms with E-state index >= 15 is 0 Å². The molecule has 7 heteroatoms. The largest absolute Gasteiger partial charge is 0.389 e. The Bertz CT molecular complexity index is 562. The van der Waals surface area contributed by atoms with Crippen LogP contribution in [0.1, 0.15) is 44.1 Å². The van der Waals surface area contributed by atoms with Crippen LogP contribution in [0.25, 0.3) is 0 Å². The van der Waals surface area contributed by atoms with Crippen molar-refractivity contribution in [2.24, 2.45) is 5.92 Å². The molecule has 2 rings (SSSR count). The molecule has 1 aliphatic carbocycles. The molecule has 114 valence electrons. The summed E-state index contributed by atoms with van der Waals surface area (Å²) in [5.41, 5.74) is -0.622. The van der Waals surface area contributed by atoms with Crippen molar-refractivity contribution in [3.63, 3.8) is 0 Å². The number of sulfonamides is 1. The van der Waals surface area contributed by atoms with E-state index in [0.717, 1.165) is 12.8 Å². The molecule has 1 aliphatic rings. The van der Waals surface area contributed by atoms with Gasteiger partial charge in [0, 0.05) is 6.54 Å². The quantitative estimate of drug-likeness (QED) is 0.879. The van der Waals surface area contributed by atoms with Gasteiger partial charge in [-0.1, -0.05) is 24.9 Å². The summed E-state index contributed by atoms with van der Waals surface area (Å²) in [4.78, 5) is 0.0740. The molecule has 2 atom stereocenters. The number of nitrogens with zero attached hydrogens (tertiary/aromatic N) is 1. The summed E-state index contributed by atoms with van der Waals surface area (Å²) in [5, 5.41) is 14.1. The van der Waals surface area contributed by atoms with Crippen molar-refractivity contribution in [3.05, 3.63) is 11.5 Å². The van der Waals surface area contributed by atoms with E-state index in [1.807, 2.05) is 0 Å². The molecule has 0 saturated heterocycles. The molecule has 1 saturated carbocycles. The topological polar surface area (TPSA) is 92.4 Å². The zero-order valence-corrected chi connectivity index (χ0v) is 13.0. The molecule has 0 amide bonds. The smallest absolute Gasteiger partial charge is 0.246 e. The van der Waals surface area contributed by atoms with Gasteiger partial charge in [-0.2, -0.15) is 0 Å². The van der Waals surface area contributed by atoms with Crippen LogP contribution in [0.4, 0.5) is 0 Å². The highest BCUT2D eigenvalue weighted by Gasteiger charge is 2.35. The predicted molar refractivity (Wildman–Crippen MR) is 73.7 cm³/mol. The Morgan fingerprint density at radius 3 is 2.75 bits per heavy atom. The lowest BCUT2D eigenvalue weighted by atomic mass is 9.79. The first-order valence-electron chi connectivity index (χ1n) is 6.88. The lowest BCUT2D eigenvalue weighted by molar-refractivity contribution is -0.00752. The van der Waals surface area contributed by atoms with E-state index in [1.54, 1.807) is 13.8 Å². The molecule has 0 bridgehead atoms. The number of aliphatic hydroxyl groups is 1. The molecule has 0 spiro atoms. The number of nitrogens with one attached hydrogen (secondary N) is 1. The minimum Gasteiger partial charge on any atom is -0.389 e. The maximum absolute atomic E-state index is 12.3. The van der Waals surface area contributed by atoms with Crippen LogP contribution in [0.15, 0.2) is 9.42 Å². The van der Waals surface area contributed by atoms with E-state index in [9.17, 15) is 13.5 Å². The van der Waals surface area contributed by atoms with Crippen molar-refractivity contribution < 1.29 is 18.0 Å². The average Bonchev–Trinajstić information content (AvgIpc) is 2.67. The van der Waals surface area contributed by atoms with Crippen LogP contribution in [0, 0.1) is 19.8 Å². The van der Waals surface area contributed by atoms with Crippen molar-refractivity contribution in [2.75, 3.05) is 6.54 Å². The number of aromatic nitrogens is 1. The summed E-state index contributed by atoms with van der Waals surface area (Å²) < 4.78 is 31.9. The van der Waals surface area contributed by atoms with Gasteiger partial charge in [-0.05, 0) is 32.6 Å². The Hall–Kier alpha value is -0.920. The molecule has 2 unspecified atom stereocenters. The third-order valence-corrected chi connectivity index (χ3v) is 5.54. The third-order valence-electron chi connectivity index (χ3n) is 3.90. The van der Waals surface area contributed by atoms with Gasteiger partial charge in [0.25, 0.3) is 0 Å². The number of hydrogen-bond donors (Lipinski definition) is 2. The van der Waals surface area contributed by atoms with Gasteiger partial charge < -0.3 is 9.63 Å². The second-order valence-electron chi connectivity index (χ2n) is 5.90. The zero-order chi connectivity index (χ0) is 15.0. The van der Waals surface area contributed by atoms with Crippen LogP contribution in [0.5, 0.6) is 0 Å². The molecule has 0 radical (unpaired) electrons. The van der Waals surface area contributed by atoms with Crippen molar-refractivity contribution in [1.29, 1.82) is 0 Å². The highest BCUT2D eigenvalue weighted by atomic mass is 32.2. The molecule has 2 N–H and O–H groups in total. The van der Waals surface area contributed by atoms with Gasteiger partial charge in [-0.15, -0.1) is 0 Å². The molecule has 20 heavy (non-hydrogen) atoms. The molecular weight excluding hydrogens is 280 g/mol. The summed E-state index contributed by atoms with van der Waals surface area (Å²) in [7, 11) is -3.70. The fourth-order valence-electron chi connectivity index (χ4n) is 2.95. The first-order valence-corrected chi connectivity index (χ1v) is 8.37. The second-order valence-corrected chi connectivity index (χ2v) is 7.61. The van der Waals surface area contributed by atoms with Crippen LogP contribution in [-0.4, -0.2) is 30.8 Å². The molecule has 1 fully saturated rings. The molecule has 6 nitrogen and oxygen atoms in total. The van der Waals surface area contributed by atoms with Gasteiger partial charge in [0.05, 0.1) is 5.60 Å². The standard InChI is InChI=1S/C13H22N2O4S/c1-9-5-4-6-13(16,7-9)8-14-20(17,18)12-10(2)15-19-11(12)3/h9,14,16H,4-8H2,1-3H3. The monoisotopic (exact) mass is 302 g/mol. The van der Waals surface area contributed by atoms with E-state index in [-0.39, 0.29) is 17.2 Å². The van der Waals surface area contributed by atoms with Crippen LogP contribution >= 0.6 is 0 Å². The van der Waals surface area contributed by atoms with Crippen molar-refractivity contribution in [3.8, 4) is 0 Å². The summed E-state index contributed by atoms with van der Waals surface area (Å²) in [5.74, 6) is 0.677. The van der Waals surface area contributed by atoms with Gasteiger partial charge in [-0.3, -0.25) is 0 Å². The Labute approximate surface area is 119 Å². The van der Waals surface area contributed by atoms with Crippen LogP contribution in [0.3, 0.4) is 0 Å². The number of hydrogen-bond acceptors (Lipinski definition) is 5. The lowest BCUT2D eigenvalue weighted by Crippen LogP contribution is -2.45. The highest BCUT2D eigenvalue weighted by molar-refractivity contribution is 7.89. The van der Waals surface area contributed by atoms with E-state index in [1.165, 1.54) is 0 Å². The summed E-state index contributed by atoms with van der Waals surface area (Å²) >= 11 is 0. The molecule has 0 aromatic carbocycles. The molecule has 1 heterocycles. The van der Waals surface area contributed by atoms with E-state index < -0.39 is 15.6 Å². The maximum atomic E-state index is 12.3. The summed E-state index contributed by atoms with van der Waals surface area (Å²) in [6.45, 7) is 5.26. The molecular formula is C13H22N2O4S. The maximum Gasteiger partial charge on any atom is 0.246 e. The Balaban J connectivity index is 2.10. The normalized spacial score (nSPS) is 27.7. The Morgan fingerprint density at radius 2 is 2.20 bits per heavy atom. The van der Waals surface area contributed by atoms with E-state index in [2.05, 4.69) is 16.8 Å². The van der Waals surface area contributed by atoms with Crippen LogP contribution < -0.4 is 4.72 Å². The van der Waals surface area contributed by atoms with Crippen molar-refractivity contribution in [1.82, 2.24) is 9.88 Å². The lowest BCUT2D eigenvalue weighted by Gasteiger charge is -2.35. The van der Waals surface area contributed by atoms with Crippen LogP contribution in [0.2, 0.25) is 0 Å². The minimum absolute atomic E-state index is 0.0315. The van der Waals surface area contributed by atoms with Crippen molar-refractivity contribution in [2.45, 2.75) is 57.0 Å². The average molecular weight is 302 g/mol. The van der Waals surface area contributed by atoms with Crippen LogP contribution in [-0.2, 0) is 10.0 Å². The fraction of sp³-hybridized carbons (Fsp3) is 0.769. The van der Waals surface area contributed by atoms with Gasteiger partial charge in [0.1, 0.15) is 10.6 Å². The highest BCUT2D eigenvalue weighted by Crippen LogP contribution is 2.32. The SMILES string of the molecule is Cc1noc(C)c1S(=O)(=O)NCC1(O)CCCC(C)C1. The van der Waals surface area contributed by atoms with Crippen molar-refractivity contribution >= 4 is 10.0 Å².